The third-order valence-corrected chi connectivity index (χ3v) is 0.979. The molecule has 0 spiro atoms. The molecule has 0 radical (unpaired) electrons. The van der Waals surface area contributed by atoms with E-state index in [9.17, 15) is 4.79 Å². The Morgan fingerprint density at radius 2 is 1.73 bits per heavy atom. The van der Waals surface area contributed by atoms with Gasteiger partial charge in [-0.2, -0.15) is 0 Å². The topological polar surface area (TPSA) is 35.5 Å². The van der Waals surface area contributed by atoms with E-state index in [4.69, 9.17) is 4.74 Å². The van der Waals surface area contributed by atoms with Gasteiger partial charge in [-0.3, -0.25) is 4.79 Å². The van der Waals surface area contributed by atoms with Crippen molar-refractivity contribution in [3.8, 4) is 0 Å². The average Bonchev–Trinajstić information content (AvgIpc) is 1.54. The van der Waals surface area contributed by atoms with Crippen LogP contribution in [0.1, 0.15) is 27.2 Å². The summed E-state index contributed by atoms with van der Waals surface area (Å²) in [5.74, 6) is 0. The zero-order valence-electron chi connectivity index (χ0n) is 7.42. The van der Waals surface area contributed by atoms with Crippen LogP contribution in [0.25, 0.3) is 0 Å². The fourth-order valence-corrected chi connectivity index (χ4v) is 0.289. The number of carbonyl (C=O) groups is 1. The smallest absolute Gasteiger partial charge is 0.293 e. The zero-order chi connectivity index (χ0) is 8.74. The minimum atomic E-state index is -0.318. The predicted octanol–water partition coefficient (Wildman–Crippen LogP) is 1.36. The Bertz CT molecular complexity index is 96.4. The molecule has 0 aliphatic carbocycles. The minimum absolute atomic E-state index is 0.318. The SMILES string of the molecule is C1COC1.CC(C)(C)OC=O. The van der Waals surface area contributed by atoms with Gasteiger partial charge in [-0.15, -0.1) is 0 Å². The second kappa shape index (κ2) is 5.13. The molecule has 1 rings (SSSR count). The largest absolute Gasteiger partial charge is 0.462 e. The van der Waals surface area contributed by atoms with Crippen LogP contribution >= 0.6 is 0 Å². The summed E-state index contributed by atoms with van der Waals surface area (Å²) in [7, 11) is 0. The molecule has 3 heteroatoms. The Hall–Kier alpha value is -0.570. The van der Waals surface area contributed by atoms with E-state index >= 15 is 0 Å². The van der Waals surface area contributed by atoms with Crippen molar-refractivity contribution in [3.63, 3.8) is 0 Å². The standard InChI is InChI=1S/C5H10O2.C3H6O/c1-5(2,3)7-4-6;1-2-4-3-1/h4H,1-3H3;1-3H2. The summed E-state index contributed by atoms with van der Waals surface area (Å²) in [6, 6.07) is 0. The molecule has 1 fully saturated rings. The maximum absolute atomic E-state index is 9.60. The Morgan fingerprint density at radius 3 is 1.73 bits per heavy atom. The number of hydrogen-bond acceptors (Lipinski definition) is 3. The lowest BCUT2D eigenvalue weighted by atomic mass is 10.2. The van der Waals surface area contributed by atoms with E-state index in [-0.39, 0.29) is 5.60 Å². The fraction of sp³-hybridized carbons (Fsp3) is 0.875. The maximum atomic E-state index is 9.60. The van der Waals surface area contributed by atoms with E-state index in [1.54, 1.807) is 0 Å². The molecule has 1 heterocycles. The molecule has 1 aliphatic heterocycles. The summed E-state index contributed by atoms with van der Waals surface area (Å²) in [4.78, 5) is 9.60. The van der Waals surface area contributed by atoms with Gasteiger partial charge in [-0.25, -0.2) is 0 Å². The minimum Gasteiger partial charge on any atom is -0.462 e. The normalized spacial score (nSPS) is 15.5. The van der Waals surface area contributed by atoms with Crippen LogP contribution in [0.3, 0.4) is 0 Å². The first-order valence-corrected chi connectivity index (χ1v) is 3.75. The Balaban J connectivity index is 0.000000207. The molecule has 66 valence electrons. The van der Waals surface area contributed by atoms with Gasteiger partial charge in [0.25, 0.3) is 6.47 Å². The Morgan fingerprint density at radius 1 is 1.36 bits per heavy atom. The van der Waals surface area contributed by atoms with Crippen molar-refractivity contribution in [3.05, 3.63) is 0 Å². The van der Waals surface area contributed by atoms with Crippen LogP contribution in [0.4, 0.5) is 0 Å². The number of rotatable bonds is 1. The molecule has 11 heavy (non-hydrogen) atoms. The van der Waals surface area contributed by atoms with Gasteiger partial charge < -0.3 is 9.47 Å². The van der Waals surface area contributed by atoms with Crippen molar-refractivity contribution >= 4 is 6.47 Å². The third kappa shape index (κ3) is 9.43. The van der Waals surface area contributed by atoms with Gasteiger partial charge in [0.05, 0.1) is 0 Å². The monoisotopic (exact) mass is 160 g/mol. The second-order valence-corrected chi connectivity index (χ2v) is 3.29. The molecule has 3 nitrogen and oxygen atoms in total. The number of hydrogen-bond donors (Lipinski definition) is 0. The highest BCUT2D eigenvalue weighted by molar-refractivity contribution is 5.37. The van der Waals surface area contributed by atoms with Crippen LogP contribution in [0.15, 0.2) is 0 Å². The van der Waals surface area contributed by atoms with Crippen molar-refractivity contribution in [1.29, 1.82) is 0 Å². The summed E-state index contributed by atoms with van der Waals surface area (Å²) in [5.41, 5.74) is -0.318. The van der Waals surface area contributed by atoms with E-state index in [1.165, 1.54) is 6.42 Å². The highest BCUT2D eigenvalue weighted by atomic mass is 16.5. The number of ether oxygens (including phenoxy) is 2. The van der Waals surface area contributed by atoms with Crippen LogP contribution in [0.2, 0.25) is 0 Å². The Kier molecular flexibility index (Phi) is 4.86. The summed E-state index contributed by atoms with van der Waals surface area (Å²) in [6.07, 6.45) is 1.28. The van der Waals surface area contributed by atoms with Crippen molar-refractivity contribution < 1.29 is 14.3 Å². The van der Waals surface area contributed by atoms with Gasteiger partial charge in [0.2, 0.25) is 0 Å². The van der Waals surface area contributed by atoms with Crippen molar-refractivity contribution in [2.75, 3.05) is 13.2 Å². The van der Waals surface area contributed by atoms with Crippen LogP contribution in [-0.2, 0) is 14.3 Å². The lowest BCUT2D eigenvalue weighted by Crippen LogP contribution is -2.17. The lowest BCUT2D eigenvalue weighted by molar-refractivity contribution is -0.138. The van der Waals surface area contributed by atoms with Crippen LogP contribution < -0.4 is 0 Å². The highest BCUT2D eigenvalue weighted by Crippen LogP contribution is 2.02. The van der Waals surface area contributed by atoms with Gasteiger partial charge in [0.15, 0.2) is 0 Å². The zero-order valence-corrected chi connectivity index (χ0v) is 7.42. The van der Waals surface area contributed by atoms with Gasteiger partial charge >= 0.3 is 0 Å². The van der Waals surface area contributed by atoms with Crippen LogP contribution in [0.5, 0.6) is 0 Å². The highest BCUT2D eigenvalue weighted by Gasteiger charge is 2.07. The molecule has 0 bridgehead atoms. The number of carbonyl (C=O) groups excluding carboxylic acids is 1. The molecule has 0 saturated carbocycles. The average molecular weight is 160 g/mol. The van der Waals surface area contributed by atoms with E-state index < -0.39 is 0 Å². The molecule has 0 amide bonds. The quantitative estimate of drug-likeness (QED) is 0.543. The first-order valence-electron chi connectivity index (χ1n) is 3.75. The lowest BCUT2D eigenvalue weighted by Gasteiger charge is -2.14. The fourth-order valence-electron chi connectivity index (χ4n) is 0.289. The molecule has 0 unspecified atom stereocenters. The Labute approximate surface area is 67.7 Å². The van der Waals surface area contributed by atoms with Gasteiger partial charge in [0.1, 0.15) is 5.60 Å². The third-order valence-electron chi connectivity index (χ3n) is 0.979. The maximum Gasteiger partial charge on any atom is 0.293 e. The summed E-state index contributed by atoms with van der Waals surface area (Å²) >= 11 is 0. The van der Waals surface area contributed by atoms with Crippen LogP contribution in [-0.4, -0.2) is 25.3 Å². The van der Waals surface area contributed by atoms with E-state index in [2.05, 4.69) is 4.74 Å². The molecular weight excluding hydrogens is 144 g/mol. The molecular formula is C8H16O3. The van der Waals surface area contributed by atoms with Gasteiger partial charge in [-0.05, 0) is 27.2 Å². The van der Waals surface area contributed by atoms with Gasteiger partial charge in [0, 0.05) is 13.2 Å². The molecule has 1 saturated heterocycles. The van der Waals surface area contributed by atoms with Crippen molar-refractivity contribution in [2.24, 2.45) is 0 Å². The molecule has 0 atom stereocenters. The molecule has 0 aromatic rings. The van der Waals surface area contributed by atoms with Gasteiger partial charge in [-0.1, -0.05) is 0 Å². The second-order valence-electron chi connectivity index (χ2n) is 3.29. The summed E-state index contributed by atoms with van der Waals surface area (Å²) in [6.45, 7) is 7.92. The van der Waals surface area contributed by atoms with Crippen LogP contribution in [0, 0.1) is 0 Å². The molecule has 0 aromatic carbocycles. The predicted molar refractivity (Wildman–Crippen MR) is 42.3 cm³/mol. The molecule has 1 aliphatic rings. The summed E-state index contributed by atoms with van der Waals surface area (Å²) < 4.78 is 9.27. The first-order chi connectivity index (χ1) is 5.06. The van der Waals surface area contributed by atoms with E-state index in [0.717, 1.165) is 13.2 Å². The summed E-state index contributed by atoms with van der Waals surface area (Å²) in [5, 5.41) is 0. The molecule has 0 N–H and O–H groups in total. The van der Waals surface area contributed by atoms with Crippen molar-refractivity contribution in [1.82, 2.24) is 0 Å². The van der Waals surface area contributed by atoms with E-state index in [1.807, 2.05) is 20.8 Å². The molecule has 0 aromatic heterocycles. The van der Waals surface area contributed by atoms with Crippen molar-refractivity contribution in [2.45, 2.75) is 32.8 Å². The first kappa shape index (κ1) is 10.4. The van der Waals surface area contributed by atoms with E-state index in [0.29, 0.717) is 6.47 Å².